The zero-order valence-corrected chi connectivity index (χ0v) is 13.5. The summed E-state index contributed by atoms with van der Waals surface area (Å²) in [5.41, 5.74) is 0. The van der Waals surface area contributed by atoms with Gasteiger partial charge in [-0.25, -0.2) is 0 Å². The Morgan fingerprint density at radius 3 is 2.37 bits per heavy atom. The van der Waals surface area contributed by atoms with Crippen LogP contribution in [0.4, 0.5) is 0 Å². The molecule has 0 spiro atoms. The number of hydrogen-bond donors (Lipinski definition) is 1. The van der Waals surface area contributed by atoms with E-state index in [0.29, 0.717) is 6.04 Å². The summed E-state index contributed by atoms with van der Waals surface area (Å²) >= 11 is 2.01. The molecule has 3 heteroatoms. The molecular formula is C16H30N2S. The van der Waals surface area contributed by atoms with E-state index in [0.717, 1.165) is 17.7 Å². The third-order valence-electron chi connectivity index (χ3n) is 4.69. The summed E-state index contributed by atoms with van der Waals surface area (Å²) in [6, 6.07) is 0.687. The molecule has 1 N–H and O–H groups in total. The van der Waals surface area contributed by atoms with E-state index in [-0.39, 0.29) is 0 Å². The van der Waals surface area contributed by atoms with Crippen molar-refractivity contribution in [3.63, 3.8) is 0 Å². The standard InChI is InChI=1S/C16H30N2S/c1-3-13(4-2)15-12-17-16(19-15)18-14-10-8-6-5-7-9-11-14/h13-15H,3-12H2,1-2H3,(H,17,18). The smallest absolute Gasteiger partial charge is 0.157 e. The maximum atomic E-state index is 4.75. The monoisotopic (exact) mass is 282 g/mol. The van der Waals surface area contributed by atoms with Crippen molar-refractivity contribution in [3.05, 3.63) is 0 Å². The largest absolute Gasteiger partial charge is 0.362 e. The van der Waals surface area contributed by atoms with Crippen LogP contribution < -0.4 is 5.32 Å². The average Bonchev–Trinajstić information content (AvgIpc) is 2.83. The van der Waals surface area contributed by atoms with Crippen molar-refractivity contribution >= 4 is 16.9 Å². The van der Waals surface area contributed by atoms with Crippen molar-refractivity contribution in [2.24, 2.45) is 10.9 Å². The second kappa shape index (κ2) is 8.18. The molecular weight excluding hydrogens is 252 g/mol. The Morgan fingerprint density at radius 2 is 1.74 bits per heavy atom. The molecule has 110 valence electrons. The first kappa shape index (κ1) is 15.2. The topological polar surface area (TPSA) is 24.4 Å². The lowest BCUT2D eigenvalue weighted by Gasteiger charge is -2.23. The predicted molar refractivity (Wildman–Crippen MR) is 87.0 cm³/mol. The molecule has 2 nitrogen and oxygen atoms in total. The molecule has 2 rings (SSSR count). The number of amidine groups is 1. The summed E-state index contributed by atoms with van der Waals surface area (Å²) in [6.45, 7) is 5.66. The lowest BCUT2D eigenvalue weighted by atomic mass is 9.97. The van der Waals surface area contributed by atoms with Crippen LogP contribution in [0.1, 0.15) is 71.6 Å². The number of thioether (sulfide) groups is 1. The van der Waals surface area contributed by atoms with Crippen molar-refractivity contribution < 1.29 is 0 Å². The zero-order valence-electron chi connectivity index (χ0n) is 12.7. The summed E-state index contributed by atoms with van der Waals surface area (Å²) in [7, 11) is 0. The van der Waals surface area contributed by atoms with Gasteiger partial charge in [0.15, 0.2) is 5.17 Å². The molecule has 0 aromatic rings. The highest BCUT2D eigenvalue weighted by Gasteiger charge is 2.26. The van der Waals surface area contributed by atoms with E-state index in [1.807, 2.05) is 11.8 Å². The van der Waals surface area contributed by atoms with Crippen LogP contribution in [-0.4, -0.2) is 23.0 Å². The SMILES string of the molecule is CCC(CC)C1CN=C(NC2CCCCCCC2)S1. The Kier molecular flexibility index (Phi) is 6.55. The predicted octanol–water partition coefficient (Wildman–Crippen LogP) is 4.60. The van der Waals surface area contributed by atoms with Crippen molar-refractivity contribution in [2.45, 2.75) is 82.9 Å². The molecule has 1 saturated carbocycles. The number of rotatable bonds is 4. The van der Waals surface area contributed by atoms with E-state index in [1.54, 1.807) is 0 Å². The van der Waals surface area contributed by atoms with Gasteiger partial charge in [-0.2, -0.15) is 0 Å². The third-order valence-corrected chi connectivity index (χ3v) is 5.99. The van der Waals surface area contributed by atoms with E-state index in [4.69, 9.17) is 4.99 Å². The molecule has 0 bridgehead atoms. The van der Waals surface area contributed by atoms with Gasteiger partial charge in [-0.05, 0) is 18.8 Å². The van der Waals surface area contributed by atoms with Crippen LogP contribution in [0.15, 0.2) is 4.99 Å². The van der Waals surface area contributed by atoms with Gasteiger partial charge in [0.1, 0.15) is 0 Å². The van der Waals surface area contributed by atoms with Gasteiger partial charge >= 0.3 is 0 Å². The summed E-state index contributed by atoms with van der Waals surface area (Å²) in [6.07, 6.45) is 12.4. The van der Waals surface area contributed by atoms with Gasteiger partial charge in [0.05, 0.1) is 6.54 Å². The summed E-state index contributed by atoms with van der Waals surface area (Å²) in [5, 5.41) is 5.70. The minimum absolute atomic E-state index is 0.687. The molecule has 1 fully saturated rings. The Bertz CT molecular complexity index is 278. The van der Waals surface area contributed by atoms with E-state index in [1.165, 1.54) is 63.0 Å². The molecule has 1 unspecified atom stereocenters. The fourth-order valence-electron chi connectivity index (χ4n) is 3.31. The van der Waals surface area contributed by atoms with Crippen LogP contribution >= 0.6 is 11.8 Å². The normalized spacial score (nSPS) is 26.1. The highest BCUT2D eigenvalue weighted by atomic mass is 32.2. The fourth-order valence-corrected chi connectivity index (χ4v) is 4.70. The Morgan fingerprint density at radius 1 is 1.11 bits per heavy atom. The van der Waals surface area contributed by atoms with E-state index in [9.17, 15) is 0 Å². The number of nitrogens with zero attached hydrogens (tertiary/aromatic N) is 1. The second-order valence-corrected chi connectivity index (χ2v) is 7.29. The molecule has 0 aromatic carbocycles. The maximum absolute atomic E-state index is 4.75. The molecule has 0 amide bonds. The van der Waals surface area contributed by atoms with Crippen LogP contribution in [-0.2, 0) is 0 Å². The van der Waals surface area contributed by atoms with Crippen molar-refractivity contribution in [1.29, 1.82) is 0 Å². The Balaban J connectivity index is 1.77. The lowest BCUT2D eigenvalue weighted by Crippen LogP contribution is -2.33. The Labute approximate surface area is 123 Å². The average molecular weight is 282 g/mol. The van der Waals surface area contributed by atoms with Gasteiger partial charge in [0.25, 0.3) is 0 Å². The van der Waals surface area contributed by atoms with Crippen molar-refractivity contribution in [3.8, 4) is 0 Å². The molecule has 1 aliphatic carbocycles. The quantitative estimate of drug-likeness (QED) is 0.815. The van der Waals surface area contributed by atoms with Crippen molar-refractivity contribution in [2.75, 3.05) is 6.54 Å². The van der Waals surface area contributed by atoms with Gasteiger partial charge in [0, 0.05) is 11.3 Å². The van der Waals surface area contributed by atoms with Crippen LogP contribution in [0.2, 0.25) is 0 Å². The van der Waals surface area contributed by atoms with E-state index >= 15 is 0 Å². The molecule has 0 radical (unpaired) electrons. The molecule has 0 saturated heterocycles. The first-order valence-electron chi connectivity index (χ1n) is 8.31. The molecule has 1 aliphatic heterocycles. The minimum atomic E-state index is 0.687. The Hall–Kier alpha value is -0.180. The van der Waals surface area contributed by atoms with E-state index in [2.05, 4.69) is 19.2 Å². The van der Waals surface area contributed by atoms with Gasteiger partial charge in [0.2, 0.25) is 0 Å². The number of nitrogens with one attached hydrogen (secondary N) is 1. The van der Waals surface area contributed by atoms with Crippen LogP contribution in [0.5, 0.6) is 0 Å². The first-order chi connectivity index (χ1) is 9.33. The lowest BCUT2D eigenvalue weighted by molar-refractivity contribution is 0.430. The number of hydrogen-bond acceptors (Lipinski definition) is 3. The first-order valence-corrected chi connectivity index (χ1v) is 9.19. The molecule has 1 heterocycles. The van der Waals surface area contributed by atoms with Gasteiger partial charge < -0.3 is 5.32 Å². The number of aliphatic imine (C=N–C) groups is 1. The van der Waals surface area contributed by atoms with Gasteiger partial charge in [-0.3, -0.25) is 4.99 Å². The highest BCUT2D eigenvalue weighted by Crippen LogP contribution is 2.31. The fraction of sp³-hybridized carbons (Fsp3) is 0.938. The zero-order chi connectivity index (χ0) is 13.5. The molecule has 19 heavy (non-hydrogen) atoms. The second-order valence-electron chi connectivity index (χ2n) is 6.07. The highest BCUT2D eigenvalue weighted by molar-refractivity contribution is 8.14. The molecule has 2 aliphatic rings. The van der Waals surface area contributed by atoms with Gasteiger partial charge in [-0.15, -0.1) is 0 Å². The summed E-state index contributed by atoms with van der Waals surface area (Å²) in [5.74, 6) is 0.838. The molecule has 1 atom stereocenters. The van der Waals surface area contributed by atoms with Gasteiger partial charge in [-0.1, -0.05) is 70.6 Å². The molecule has 0 aromatic heterocycles. The van der Waals surface area contributed by atoms with E-state index < -0.39 is 0 Å². The van der Waals surface area contributed by atoms with Crippen LogP contribution in [0.25, 0.3) is 0 Å². The summed E-state index contributed by atoms with van der Waals surface area (Å²) < 4.78 is 0. The summed E-state index contributed by atoms with van der Waals surface area (Å²) in [4.78, 5) is 4.75. The minimum Gasteiger partial charge on any atom is -0.362 e. The maximum Gasteiger partial charge on any atom is 0.157 e. The van der Waals surface area contributed by atoms with Crippen molar-refractivity contribution in [1.82, 2.24) is 5.32 Å². The third kappa shape index (κ3) is 4.70. The van der Waals surface area contributed by atoms with Crippen LogP contribution in [0, 0.1) is 5.92 Å². The van der Waals surface area contributed by atoms with Crippen LogP contribution in [0.3, 0.4) is 0 Å².